The van der Waals surface area contributed by atoms with Crippen LogP contribution < -0.4 is 4.72 Å². The number of carbonyl (C=O) groups excluding carboxylic acids is 1. The molecule has 0 aliphatic rings. The van der Waals surface area contributed by atoms with Crippen molar-refractivity contribution >= 4 is 27.3 Å². The normalized spacial score (nSPS) is 13.4. The van der Waals surface area contributed by atoms with E-state index in [2.05, 4.69) is 14.4 Å². The largest absolute Gasteiger partial charge is 0.464 e. The van der Waals surface area contributed by atoms with E-state index in [1.807, 2.05) is 6.92 Å². The number of carbonyl (C=O) groups is 1. The zero-order chi connectivity index (χ0) is 13.1. The smallest absolute Gasteiger partial charge is 0.358 e. The quantitative estimate of drug-likeness (QED) is 0.812. The zero-order valence-electron chi connectivity index (χ0n) is 9.76. The van der Waals surface area contributed by atoms with Crippen molar-refractivity contribution < 1.29 is 17.9 Å². The molecule has 1 aromatic heterocycles. The molecule has 1 atom stereocenters. The van der Waals surface area contributed by atoms with E-state index >= 15 is 0 Å². The summed E-state index contributed by atoms with van der Waals surface area (Å²) in [5.41, 5.74) is 1.13. The lowest BCUT2D eigenvalue weighted by molar-refractivity contribution is 0.0590. The lowest BCUT2D eigenvalue weighted by Crippen LogP contribution is -2.32. The lowest BCUT2D eigenvalue weighted by Gasteiger charge is -2.11. The van der Waals surface area contributed by atoms with E-state index in [1.165, 1.54) is 12.6 Å². The van der Waals surface area contributed by atoms with Gasteiger partial charge in [0.2, 0.25) is 0 Å². The first-order valence-electron chi connectivity index (χ1n) is 4.96. The molecule has 1 rings (SSSR count). The fraction of sp³-hybridized carbons (Fsp3) is 0.556. The van der Waals surface area contributed by atoms with Gasteiger partial charge in [0.15, 0.2) is 9.90 Å². The molecule has 17 heavy (non-hydrogen) atoms. The predicted molar refractivity (Wildman–Crippen MR) is 63.5 cm³/mol. The highest BCUT2D eigenvalue weighted by Gasteiger charge is 2.27. The number of sulfonamides is 1. The molecular weight excluding hydrogens is 264 g/mol. The van der Waals surface area contributed by atoms with Crippen LogP contribution in [0, 0.1) is 0 Å². The molecule has 0 aromatic carbocycles. The summed E-state index contributed by atoms with van der Waals surface area (Å²) in [4.78, 5) is 15.0. The monoisotopic (exact) mass is 278 g/mol. The third kappa shape index (κ3) is 3.24. The third-order valence-corrected chi connectivity index (χ3v) is 5.09. The molecule has 0 radical (unpaired) electrons. The molecule has 1 aromatic rings. The number of aromatic nitrogens is 1. The van der Waals surface area contributed by atoms with Gasteiger partial charge in [0.05, 0.1) is 12.6 Å². The van der Waals surface area contributed by atoms with E-state index in [-0.39, 0.29) is 15.9 Å². The second-order valence-electron chi connectivity index (χ2n) is 3.41. The van der Waals surface area contributed by atoms with Gasteiger partial charge in [0.1, 0.15) is 0 Å². The average Bonchev–Trinajstić information content (AvgIpc) is 2.76. The molecule has 0 bridgehead atoms. The molecule has 0 amide bonds. The standard InChI is InChI=1S/C9H14N2O4S2/c1-4-6(2)11-17(13,14)9-7(8(12)15-3)10-5-16-9/h5-6,11H,4H2,1-3H3. The van der Waals surface area contributed by atoms with Crippen molar-refractivity contribution in [1.82, 2.24) is 9.71 Å². The van der Waals surface area contributed by atoms with E-state index in [0.717, 1.165) is 11.3 Å². The number of rotatable bonds is 5. The van der Waals surface area contributed by atoms with E-state index < -0.39 is 16.0 Å². The number of hydrogen-bond acceptors (Lipinski definition) is 6. The van der Waals surface area contributed by atoms with Crippen molar-refractivity contribution in [3.05, 3.63) is 11.2 Å². The second kappa shape index (κ2) is 5.56. The summed E-state index contributed by atoms with van der Waals surface area (Å²) in [6, 6.07) is -0.201. The molecule has 0 aliphatic carbocycles. The van der Waals surface area contributed by atoms with Crippen molar-refractivity contribution in [1.29, 1.82) is 0 Å². The highest BCUT2D eigenvalue weighted by molar-refractivity contribution is 7.91. The molecule has 1 N–H and O–H groups in total. The summed E-state index contributed by atoms with van der Waals surface area (Å²) in [7, 11) is -2.53. The van der Waals surface area contributed by atoms with E-state index in [0.29, 0.717) is 6.42 Å². The van der Waals surface area contributed by atoms with Crippen molar-refractivity contribution in [3.8, 4) is 0 Å². The van der Waals surface area contributed by atoms with Gasteiger partial charge in [-0.05, 0) is 13.3 Å². The number of nitrogens with zero attached hydrogens (tertiary/aromatic N) is 1. The minimum atomic E-state index is -3.71. The predicted octanol–water partition coefficient (Wildman–Crippen LogP) is 1.01. The van der Waals surface area contributed by atoms with Gasteiger partial charge in [-0.1, -0.05) is 6.92 Å². The summed E-state index contributed by atoms with van der Waals surface area (Å²) >= 11 is 0.890. The Morgan fingerprint density at radius 2 is 2.29 bits per heavy atom. The van der Waals surface area contributed by atoms with Gasteiger partial charge in [-0.15, -0.1) is 11.3 Å². The Bertz CT molecular complexity index is 495. The van der Waals surface area contributed by atoms with Crippen LogP contribution in [0.15, 0.2) is 9.72 Å². The lowest BCUT2D eigenvalue weighted by atomic mass is 10.3. The van der Waals surface area contributed by atoms with Gasteiger partial charge >= 0.3 is 5.97 Å². The van der Waals surface area contributed by atoms with Crippen LogP contribution in [0.1, 0.15) is 30.8 Å². The van der Waals surface area contributed by atoms with E-state index in [9.17, 15) is 13.2 Å². The first kappa shape index (κ1) is 14.1. The molecular formula is C9H14N2O4S2. The maximum Gasteiger partial charge on any atom is 0.358 e. The number of esters is 1. The molecule has 0 fully saturated rings. The van der Waals surface area contributed by atoms with E-state index in [4.69, 9.17) is 0 Å². The van der Waals surface area contributed by atoms with Gasteiger partial charge in [-0.3, -0.25) is 0 Å². The van der Waals surface area contributed by atoms with Crippen LogP contribution in [-0.2, 0) is 14.8 Å². The molecule has 1 unspecified atom stereocenters. The second-order valence-corrected chi connectivity index (χ2v) is 6.17. The molecule has 1 heterocycles. The first-order chi connectivity index (χ1) is 7.92. The summed E-state index contributed by atoms with van der Waals surface area (Å²) in [5, 5.41) is 0. The number of ether oxygens (including phenoxy) is 1. The summed E-state index contributed by atoms with van der Waals surface area (Å²) in [5.74, 6) is -0.754. The minimum Gasteiger partial charge on any atom is -0.464 e. The van der Waals surface area contributed by atoms with Crippen LogP contribution >= 0.6 is 11.3 Å². The topological polar surface area (TPSA) is 85.4 Å². The maximum absolute atomic E-state index is 12.0. The van der Waals surface area contributed by atoms with Gasteiger partial charge in [0, 0.05) is 6.04 Å². The molecule has 0 saturated carbocycles. The first-order valence-corrected chi connectivity index (χ1v) is 7.32. The molecule has 0 saturated heterocycles. The van der Waals surface area contributed by atoms with Crippen LogP contribution in [-0.4, -0.2) is 32.5 Å². The third-order valence-electron chi connectivity index (χ3n) is 2.13. The Kier molecular flexibility index (Phi) is 4.61. The van der Waals surface area contributed by atoms with Gasteiger partial charge in [-0.25, -0.2) is 22.9 Å². The summed E-state index contributed by atoms with van der Waals surface area (Å²) < 4.78 is 30.7. The average molecular weight is 278 g/mol. The highest BCUT2D eigenvalue weighted by Crippen LogP contribution is 2.21. The van der Waals surface area contributed by atoms with Crippen molar-refractivity contribution in [3.63, 3.8) is 0 Å². The molecule has 0 aliphatic heterocycles. The summed E-state index contributed by atoms with van der Waals surface area (Å²) in [6.45, 7) is 3.61. The number of nitrogens with one attached hydrogen (secondary N) is 1. The number of hydrogen-bond donors (Lipinski definition) is 1. The van der Waals surface area contributed by atoms with E-state index in [1.54, 1.807) is 6.92 Å². The molecule has 96 valence electrons. The summed E-state index contributed by atoms with van der Waals surface area (Å²) in [6.07, 6.45) is 0.658. The molecule has 8 heteroatoms. The van der Waals surface area contributed by atoms with Crippen LogP contribution in [0.2, 0.25) is 0 Å². The van der Waals surface area contributed by atoms with Crippen molar-refractivity contribution in [2.75, 3.05) is 7.11 Å². The Morgan fingerprint density at radius 1 is 1.65 bits per heavy atom. The zero-order valence-corrected chi connectivity index (χ0v) is 11.4. The van der Waals surface area contributed by atoms with Crippen molar-refractivity contribution in [2.45, 2.75) is 30.5 Å². The minimum absolute atomic E-state index is 0.107. The van der Waals surface area contributed by atoms with Gasteiger partial charge < -0.3 is 4.74 Å². The number of methoxy groups -OCH3 is 1. The molecule has 6 nitrogen and oxygen atoms in total. The van der Waals surface area contributed by atoms with Crippen LogP contribution in [0.5, 0.6) is 0 Å². The highest BCUT2D eigenvalue weighted by atomic mass is 32.2. The Balaban J connectivity index is 3.08. The Labute approximate surface area is 104 Å². The fourth-order valence-corrected chi connectivity index (χ4v) is 3.54. The SMILES string of the molecule is CCC(C)NS(=O)(=O)c1scnc1C(=O)OC. The Morgan fingerprint density at radius 3 is 2.82 bits per heavy atom. The van der Waals surface area contributed by atoms with Gasteiger partial charge in [0.25, 0.3) is 10.0 Å². The molecule has 0 spiro atoms. The number of thiazole rings is 1. The van der Waals surface area contributed by atoms with Crippen molar-refractivity contribution in [2.24, 2.45) is 0 Å². The van der Waals surface area contributed by atoms with Gasteiger partial charge in [-0.2, -0.15) is 0 Å². The van der Waals surface area contributed by atoms with Crippen LogP contribution in [0.4, 0.5) is 0 Å². The fourth-order valence-electron chi connectivity index (χ4n) is 1.06. The Hall–Kier alpha value is -0.990. The van der Waals surface area contributed by atoms with Crippen LogP contribution in [0.25, 0.3) is 0 Å². The van der Waals surface area contributed by atoms with Crippen LogP contribution in [0.3, 0.4) is 0 Å². The maximum atomic E-state index is 12.0.